The quantitative estimate of drug-likeness (QED) is 0.645. The van der Waals surface area contributed by atoms with E-state index in [9.17, 15) is 0 Å². The maximum absolute atomic E-state index is 4.96. The molecule has 1 unspecified atom stereocenters. The van der Waals surface area contributed by atoms with Crippen LogP contribution in [0.4, 0.5) is 11.5 Å². The predicted octanol–water partition coefficient (Wildman–Crippen LogP) is 5.52. The van der Waals surface area contributed by atoms with Gasteiger partial charge in [-0.05, 0) is 56.4 Å². The molecule has 2 aromatic heterocycles. The van der Waals surface area contributed by atoms with Crippen molar-refractivity contribution in [1.29, 1.82) is 0 Å². The van der Waals surface area contributed by atoms with E-state index in [1.54, 1.807) is 0 Å². The lowest BCUT2D eigenvalue weighted by atomic mass is 9.91. The molecule has 0 aliphatic heterocycles. The van der Waals surface area contributed by atoms with Crippen molar-refractivity contribution in [2.45, 2.75) is 39.0 Å². The third-order valence-corrected chi connectivity index (χ3v) is 4.94. The third kappa shape index (κ3) is 2.60. The van der Waals surface area contributed by atoms with E-state index in [1.807, 2.05) is 0 Å². The number of pyridine rings is 1. The number of fused-ring (bicyclic) bond motifs is 1. The summed E-state index contributed by atoms with van der Waals surface area (Å²) < 4.78 is 2.18. The maximum Gasteiger partial charge on any atom is 0.138 e. The smallest absolute Gasteiger partial charge is 0.138 e. The number of aryl methyl sites for hydroxylation is 2. The first kappa shape index (κ1) is 15.0. The SMILES string of the molecule is Cc1cccc(C)c1Nc1c(C2CC=CCC2)nc2ccccn12. The molecule has 0 radical (unpaired) electrons. The topological polar surface area (TPSA) is 29.3 Å². The van der Waals surface area contributed by atoms with Crippen molar-refractivity contribution < 1.29 is 0 Å². The number of hydrogen-bond donors (Lipinski definition) is 1. The van der Waals surface area contributed by atoms with Gasteiger partial charge in [-0.2, -0.15) is 0 Å². The Hall–Kier alpha value is -2.55. The summed E-state index contributed by atoms with van der Waals surface area (Å²) in [6.07, 6.45) is 10.1. The normalized spacial score (nSPS) is 17.3. The number of allylic oxidation sites excluding steroid dienone is 2. The number of hydrogen-bond acceptors (Lipinski definition) is 2. The molecule has 122 valence electrons. The van der Waals surface area contributed by atoms with E-state index < -0.39 is 0 Å². The van der Waals surface area contributed by atoms with Crippen molar-refractivity contribution in [1.82, 2.24) is 9.38 Å². The highest BCUT2D eigenvalue weighted by atomic mass is 15.1. The van der Waals surface area contributed by atoms with Gasteiger partial charge in [0.1, 0.15) is 11.5 Å². The van der Waals surface area contributed by atoms with Gasteiger partial charge in [0.2, 0.25) is 0 Å². The molecule has 0 fully saturated rings. The zero-order chi connectivity index (χ0) is 16.5. The molecule has 3 aromatic rings. The van der Waals surface area contributed by atoms with Crippen LogP contribution in [0.25, 0.3) is 5.65 Å². The molecular weight excluding hydrogens is 294 g/mol. The summed E-state index contributed by atoms with van der Waals surface area (Å²) in [6.45, 7) is 4.31. The maximum atomic E-state index is 4.96. The summed E-state index contributed by atoms with van der Waals surface area (Å²) in [7, 11) is 0. The molecule has 0 saturated carbocycles. The first-order valence-electron chi connectivity index (χ1n) is 8.69. The highest BCUT2D eigenvalue weighted by Gasteiger charge is 2.22. The molecule has 3 nitrogen and oxygen atoms in total. The van der Waals surface area contributed by atoms with E-state index in [4.69, 9.17) is 4.98 Å². The van der Waals surface area contributed by atoms with Gasteiger partial charge in [-0.15, -0.1) is 0 Å². The monoisotopic (exact) mass is 317 g/mol. The standard InChI is InChI=1S/C21H23N3/c1-15-9-8-10-16(2)19(15)23-21-20(17-11-4-3-5-12-17)22-18-13-6-7-14-24(18)21/h3-4,6-10,13-14,17,23H,5,11-12H2,1-2H3. The van der Waals surface area contributed by atoms with Crippen LogP contribution < -0.4 is 5.32 Å². The van der Waals surface area contributed by atoms with Crippen molar-refractivity contribution in [3.05, 3.63) is 71.6 Å². The fraction of sp³-hybridized carbons (Fsp3) is 0.286. The van der Waals surface area contributed by atoms with Crippen LogP contribution >= 0.6 is 0 Å². The molecule has 1 aliphatic carbocycles. The van der Waals surface area contributed by atoms with E-state index in [-0.39, 0.29) is 0 Å². The number of anilines is 2. The lowest BCUT2D eigenvalue weighted by Crippen LogP contribution is -2.07. The van der Waals surface area contributed by atoms with Crippen molar-refractivity contribution in [3.63, 3.8) is 0 Å². The van der Waals surface area contributed by atoms with Gasteiger partial charge in [0.25, 0.3) is 0 Å². The Bertz CT molecular complexity index is 884. The average Bonchev–Trinajstić information content (AvgIpc) is 2.98. The van der Waals surface area contributed by atoms with Crippen molar-refractivity contribution in [2.75, 3.05) is 5.32 Å². The van der Waals surface area contributed by atoms with Gasteiger partial charge in [0, 0.05) is 17.8 Å². The molecule has 2 heterocycles. The molecule has 0 spiro atoms. The summed E-state index contributed by atoms with van der Waals surface area (Å²) in [5.41, 5.74) is 5.91. The zero-order valence-electron chi connectivity index (χ0n) is 14.3. The lowest BCUT2D eigenvalue weighted by Gasteiger charge is -2.19. The van der Waals surface area contributed by atoms with Crippen LogP contribution in [0.5, 0.6) is 0 Å². The van der Waals surface area contributed by atoms with Crippen LogP contribution in [-0.4, -0.2) is 9.38 Å². The Balaban J connectivity index is 1.85. The average molecular weight is 317 g/mol. The molecule has 1 aliphatic rings. The Labute approximate surface area is 143 Å². The van der Waals surface area contributed by atoms with Gasteiger partial charge in [-0.25, -0.2) is 4.98 Å². The van der Waals surface area contributed by atoms with E-state index in [0.29, 0.717) is 5.92 Å². The number of aromatic nitrogens is 2. The summed E-state index contributed by atoms with van der Waals surface area (Å²) in [4.78, 5) is 4.96. The zero-order valence-corrected chi connectivity index (χ0v) is 14.3. The van der Waals surface area contributed by atoms with Gasteiger partial charge in [0.05, 0.1) is 5.69 Å². The van der Waals surface area contributed by atoms with E-state index >= 15 is 0 Å². The van der Waals surface area contributed by atoms with Crippen LogP contribution in [-0.2, 0) is 0 Å². The minimum Gasteiger partial charge on any atom is -0.339 e. The molecule has 24 heavy (non-hydrogen) atoms. The number of para-hydroxylation sites is 1. The van der Waals surface area contributed by atoms with Crippen LogP contribution in [0.1, 0.15) is 42.0 Å². The molecule has 0 bridgehead atoms. The van der Waals surface area contributed by atoms with E-state index in [0.717, 1.165) is 24.3 Å². The van der Waals surface area contributed by atoms with Crippen molar-refractivity contribution in [2.24, 2.45) is 0 Å². The third-order valence-electron chi connectivity index (χ3n) is 4.94. The predicted molar refractivity (Wildman–Crippen MR) is 100 cm³/mol. The Morgan fingerprint density at radius 3 is 2.62 bits per heavy atom. The van der Waals surface area contributed by atoms with E-state index in [1.165, 1.54) is 28.9 Å². The molecule has 4 rings (SSSR count). The molecule has 0 saturated heterocycles. The minimum absolute atomic E-state index is 0.488. The van der Waals surface area contributed by atoms with Crippen LogP contribution in [0.15, 0.2) is 54.7 Å². The molecular formula is C21H23N3. The van der Waals surface area contributed by atoms with E-state index in [2.05, 4.69) is 78.3 Å². The second kappa shape index (κ2) is 6.16. The largest absolute Gasteiger partial charge is 0.339 e. The number of nitrogens with zero attached hydrogens (tertiary/aromatic N) is 2. The molecule has 1 aromatic carbocycles. The highest BCUT2D eigenvalue weighted by molar-refractivity contribution is 5.69. The summed E-state index contributed by atoms with van der Waals surface area (Å²) in [5, 5.41) is 3.71. The number of rotatable bonds is 3. The molecule has 1 atom stereocenters. The van der Waals surface area contributed by atoms with Crippen LogP contribution in [0, 0.1) is 13.8 Å². The Kier molecular flexibility index (Phi) is 3.85. The van der Waals surface area contributed by atoms with Gasteiger partial charge in [0.15, 0.2) is 0 Å². The first-order chi connectivity index (χ1) is 11.7. The second-order valence-electron chi connectivity index (χ2n) is 6.65. The minimum atomic E-state index is 0.488. The number of nitrogens with one attached hydrogen (secondary N) is 1. The summed E-state index contributed by atoms with van der Waals surface area (Å²) >= 11 is 0. The molecule has 1 N–H and O–H groups in total. The Morgan fingerprint density at radius 2 is 1.88 bits per heavy atom. The second-order valence-corrected chi connectivity index (χ2v) is 6.65. The number of imidazole rings is 1. The van der Waals surface area contributed by atoms with Gasteiger partial charge in [-0.1, -0.05) is 36.4 Å². The highest BCUT2D eigenvalue weighted by Crippen LogP contribution is 2.36. The summed E-state index contributed by atoms with van der Waals surface area (Å²) in [5.74, 6) is 1.60. The lowest BCUT2D eigenvalue weighted by molar-refractivity contribution is 0.606. The van der Waals surface area contributed by atoms with Gasteiger partial charge < -0.3 is 5.32 Å². The molecule has 3 heteroatoms. The van der Waals surface area contributed by atoms with Crippen molar-refractivity contribution >= 4 is 17.2 Å². The van der Waals surface area contributed by atoms with Gasteiger partial charge in [-0.3, -0.25) is 4.40 Å². The first-order valence-corrected chi connectivity index (χ1v) is 8.69. The van der Waals surface area contributed by atoms with Crippen LogP contribution in [0.3, 0.4) is 0 Å². The Morgan fingerprint density at radius 1 is 1.04 bits per heavy atom. The summed E-state index contributed by atoms with van der Waals surface area (Å²) in [6, 6.07) is 12.6. The van der Waals surface area contributed by atoms with Crippen LogP contribution in [0.2, 0.25) is 0 Å². The fourth-order valence-corrected chi connectivity index (χ4v) is 3.59. The number of benzene rings is 1. The van der Waals surface area contributed by atoms with Crippen molar-refractivity contribution in [3.8, 4) is 0 Å². The molecule has 0 amide bonds. The fourth-order valence-electron chi connectivity index (χ4n) is 3.59. The van der Waals surface area contributed by atoms with Gasteiger partial charge >= 0.3 is 0 Å².